The van der Waals surface area contributed by atoms with Crippen molar-refractivity contribution in [3.8, 4) is 0 Å². The predicted octanol–water partition coefficient (Wildman–Crippen LogP) is 3.47. The van der Waals surface area contributed by atoms with Crippen LogP contribution >= 0.6 is 11.8 Å². The summed E-state index contributed by atoms with van der Waals surface area (Å²) in [6.45, 7) is -25.4. The molecule has 0 aromatic heterocycles. The van der Waals surface area contributed by atoms with Gasteiger partial charge < -0.3 is 9.80 Å². The van der Waals surface area contributed by atoms with Gasteiger partial charge in [-0.1, -0.05) is 35.9 Å². The summed E-state index contributed by atoms with van der Waals surface area (Å²) >= 11 is 0.329. The summed E-state index contributed by atoms with van der Waals surface area (Å²) in [5, 5.41) is 0. The second-order valence-corrected chi connectivity index (χ2v) is 8.97. The third kappa shape index (κ3) is 4.36. The first-order chi connectivity index (χ1) is 23.4. The Morgan fingerprint density at radius 3 is 2.67 bits per heavy atom. The number of nitrogens with zero attached hydrogens (tertiary/aromatic N) is 3. The molecule has 0 bridgehead atoms. The number of hydrogen-bond acceptors (Lipinski definition) is 5. The second-order valence-electron chi connectivity index (χ2n) is 5.86. The van der Waals surface area contributed by atoms with Crippen molar-refractivity contribution < 1.29 is 39.9 Å². The Hall–Kier alpha value is -1.64. The Bertz CT molecular complexity index is 2030. The maximum Gasteiger partial charge on any atom is 0.242 e. The van der Waals surface area contributed by atoms with Gasteiger partial charge >= 0.3 is 0 Å². The fourth-order valence-corrected chi connectivity index (χ4v) is 4.00. The Kier molecular flexibility index (Phi) is 2.12. The van der Waals surface area contributed by atoms with Gasteiger partial charge in [-0.05, 0) is 54.2 Å². The van der Waals surface area contributed by atoms with Crippen LogP contribution in [0.4, 0.5) is 0 Å². The highest BCUT2D eigenvalue weighted by molar-refractivity contribution is 7.99. The standard InChI is InChI=1S/C23H29N3O2S2/c1-24(2)30(27,28)18-10-11-23-21(17-18)19(20-7-4-5-9-22(20)29-23)8-6-12-26-15-13-25(3)14-16-26/h4-5,7-11,17H,6,12-16H2,1-3H3/b19-8-/i3D3,4D,5D,6D2,7D,8D,9D,10D,11D,12D2,13D2,14D2,15D2,16D2,17D. The van der Waals surface area contributed by atoms with Gasteiger partial charge in [-0.3, -0.25) is 0 Å². The lowest BCUT2D eigenvalue weighted by Gasteiger charge is -2.32. The number of rotatable bonds is 5. The minimum atomic E-state index is -4.82. The van der Waals surface area contributed by atoms with E-state index in [2.05, 4.69) is 0 Å². The molecule has 2 aliphatic heterocycles. The molecule has 7 heteroatoms. The highest BCUT2D eigenvalue weighted by Gasteiger charge is 2.25. The molecule has 0 atom stereocenters. The normalized spacial score (nSPS) is 38.7. The fourth-order valence-electron chi connectivity index (χ4n) is 2.31. The molecule has 0 N–H and O–H groups in total. The van der Waals surface area contributed by atoms with E-state index in [0.717, 1.165) is 14.1 Å². The van der Waals surface area contributed by atoms with E-state index >= 15 is 0 Å². The van der Waals surface area contributed by atoms with Crippen molar-refractivity contribution in [3.05, 3.63) is 59.5 Å². The Labute approximate surface area is 216 Å². The molecule has 4 rings (SSSR count). The van der Waals surface area contributed by atoms with Gasteiger partial charge in [-0.15, -0.1) is 0 Å². The van der Waals surface area contributed by atoms with Crippen molar-refractivity contribution in [2.24, 2.45) is 0 Å². The molecule has 2 aliphatic rings. The van der Waals surface area contributed by atoms with Crippen molar-refractivity contribution >= 4 is 27.4 Å². The van der Waals surface area contributed by atoms with Gasteiger partial charge in [0.1, 0.15) is 0 Å². The number of hydrogen-bond donors (Lipinski definition) is 0. The molecular weight excluding hydrogens is 414 g/mol. The molecule has 2 aromatic rings. The van der Waals surface area contributed by atoms with Crippen LogP contribution in [0.3, 0.4) is 0 Å². The third-order valence-electron chi connectivity index (χ3n) is 3.75. The number of likely N-dealkylation sites (N-methyl/N-ethyl adjacent to an activating group) is 1. The predicted molar refractivity (Wildman–Crippen MR) is 124 cm³/mol. The Balaban J connectivity index is 2.25. The lowest BCUT2D eigenvalue weighted by molar-refractivity contribution is 0.156. The van der Waals surface area contributed by atoms with Gasteiger partial charge in [-0.2, -0.15) is 0 Å². The highest BCUT2D eigenvalue weighted by atomic mass is 32.2. The smallest absolute Gasteiger partial charge is 0.242 e. The molecule has 2 aromatic carbocycles. The molecule has 0 unspecified atom stereocenters. The average Bonchev–Trinajstić information content (AvgIpc) is 2.97. The van der Waals surface area contributed by atoms with Crippen molar-refractivity contribution in [1.29, 1.82) is 0 Å². The minimum absolute atomic E-state index is 0.329. The molecule has 5 nitrogen and oxygen atoms in total. The monoisotopic (exact) mass is 466 g/mol. The first-order valence-electron chi connectivity index (χ1n) is 19.6. The zero-order valence-electron chi connectivity index (χ0n) is 38.5. The Morgan fingerprint density at radius 1 is 1.20 bits per heavy atom. The molecule has 160 valence electrons. The number of fused-ring (bicyclic) bond motifs is 2. The second kappa shape index (κ2) is 8.85. The van der Waals surface area contributed by atoms with Crippen LogP contribution in [0.15, 0.2) is 63.0 Å². The summed E-state index contributed by atoms with van der Waals surface area (Å²) < 4.78 is 222. The third-order valence-corrected chi connectivity index (χ3v) is 6.46. The summed E-state index contributed by atoms with van der Waals surface area (Å²) in [6, 6.07) is -8.88. The van der Waals surface area contributed by atoms with E-state index in [1.54, 1.807) is 0 Å². The summed E-state index contributed by atoms with van der Waals surface area (Å²) in [7, 11) is -2.82. The van der Waals surface area contributed by atoms with Crippen LogP contribution in [0.1, 0.15) is 49.0 Å². The molecular formula is C23H29N3O2S2. The van der Waals surface area contributed by atoms with Crippen LogP contribution in [-0.4, -0.2) is 76.1 Å². The molecule has 30 heavy (non-hydrogen) atoms. The maximum absolute atomic E-state index is 13.4. The molecule has 0 spiro atoms. The van der Waals surface area contributed by atoms with Crippen LogP contribution in [0.5, 0.6) is 0 Å². The first-order valence-corrected chi connectivity index (χ1v) is 10.4. The van der Waals surface area contributed by atoms with E-state index in [4.69, 9.17) is 31.5 Å². The minimum Gasteiger partial charge on any atom is -0.304 e. The number of sulfonamides is 1. The number of piperazine rings is 1. The van der Waals surface area contributed by atoms with Crippen LogP contribution in [0, 0.1) is 0 Å². The average molecular weight is 467 g/mol. The fraction of sp³-hybridized carbons (Fsp3) is 0.391. The molecule has 0 amide bonds. The van der Waals surface area contributed by atoms with Crippen molar-refractivity contribution in [1.82, 2.24) is 14.1 Å². The lowest BCUT2D eigenvalue weighted by Crippen LogP contribution is -2.44. The van der Waals surface area contributed by atoms with E-state index < -0.39 is 145 Å². The summed E-state index contributed by atoms with van der Waals surface area (Å²) in [5.74, 6) is 0. The van der Waals surface area contributed by atoms with E-state index in [0.29, 0.717) is 16.1 Å². The van der Waals surface area contributed by atoms with Gasteiger partial charge in [0, 0.05) is 76.9 Å². The van der Waals surface area contributed by atoms with Crippen LogP contribution < -0.4 is 0 Å². The van der Waals surface area contributed by atoms with E-state index in [1.807, 2.05) is 0 Å². The maximum atomic E-state index is 13.4. The molecule has 2 heterocycles. The van der Waals surface area contributed by atoms with Gasteiger partial charge in [0.15, 0.2) is 0 Å². The largest absolute Gasteiger partial charge is 0.304 e. The number of benzene rings is 2. The topological polar surface area (TPSA) is 43.9 Å². The highest BCUT2D eigenvalue weighted by Crippen LogP contribution is 2.46. The van der Waals surface area contributed by atoms with Crippen LogP contribution in [0.2, 0.25) is 0 Å². The molecule has 0 radical (unpaired) electrons. The van der Waals surface area contributed by atoms with Crippen molar-refractivity contribution in [2.45, 2.75) is 21.1 Å². The van der Waals surface area contributed by atoms with E-state index in [9.17, 15) is 8.42 Å². The first kappa shape index (κ1) is 7.18. The molecule has 1 fully saturated rings. The van der Waals surface area contributed by atoms with Gasteiger partial charge in [0.2, 0.25) is 10.0 Å². The SMILES string of the molecule is [2H]/C(=C1\c2c([2H])c([2H])c([2H])c([2H])c2Sc2c([2H])c([2H])c(S(=O)(=O)N(C)C)c([2H])c21)C([2H])([2H])C([2H])([2H])N1C([2H])([2H])C([2H])([2H])N(C([2H])([2H])[2H])C([2H])([2H])C1([2H])[2H]. The zero-order valence-corrected chi connectivity index (χ0v) is 17.1. The van der Waals surface area contributed by atoms with Crippen molar-refractivity contribution in [3.63, 3.8) is 0 Å². The molecule has 0 saturated carbocycles. The van der Waals surface area contributed by atoms with Gasteiger partial charge in [0.05, 0.1) is 15.9 Å². The summed E-state index contributed by atoms with van der Waals surface area (Å²) in [4.78, 5) is -4.03. The van der Waals surface area contributed by atoms with Crippen LogP contribution in [-0.2, 0) is 10.0 Å². The van der Waals surface area contributed by atoms with E-state index in [-0.39, 0.29) is 0 Å². The van der Waals surface area contributed by atoms with Gasteiger partial charge in [-0.25, -0.2) is 12.7 Å². The van der Waals surface area contributed by atoms with Gasteiger partial charge in [0.25, 0.3) is 0 Å². The van der Waals surface area contributed by atoms with E-state index in [1.165, 1.54) is 0 Å². The quantitative estimate of drug-likeness (QED) is 0.576. The molecule has 1 saturated heterocycles. The summed E-state index contributed by atoms with van der Waals surface area (Å²) in [5.41, 5.74) is -2.92. The van der Waals surface area contributed by atoms with Crippen molar-refractivity contribution in [2.75, 3.05) is 53.6 Å². The lowest BCUT2D eigenvalue weighted by atomic mass is 9.96. The molecule has 0 aliphatic carbocycles. The Morgan fingerprint density at radius 2 is 1.93 bits per heavy atom. The summed E-state index contributed by atoms with van der Waals surface area (Å²) in [6.07, 6.45) is -4.28. The van der Waals surface area contributed by atoms with Crippen LogP contribution in [0.25, 0.3) is 5.57 Å². The zero-order chi connectivity index (χ0) is 41.5.